The van der Waals surface area contributed by atoms with Crippen LogP contribution in [0.15, 0.2) is 138 Å². The minimum Gasteiger partial charge on any atom is -0.462 e. The molecule has 0 aromatic heterocycles. The van der Waals surface area contributed by atoms with Gasteiger partial charge in [-0.25, -0.2) is 4.79 Å². The number of carbonyl (C=O) groups is 1. The van der Waals surface area contributed by atoms with Gasteiger partial charge in [0.05, 0.1) is 12.8 Å². The molecule has 47 heavy (non-hydrogen) atoms. The first-order chi connectivity index (χ1) is 22.4. The van der Waals surface area contributed by atoms with Gasteiger partial charge in [-0.2, -0.15) is 13.2 Å². The number of carbonyl (C=O) groups excluding carboxylic acids is 1. The van der Waals surface area contributed by atoms with E-state index in [4.69, 9.17) is 23.2 Å². The molecule has 0 saturated carbocycles. The maximum Gasteiger partial charge on any atom is 0.490 e. The largest absolute Gasteiger partial charge is 0.490 e. The fourth-order valence-corrected chi connectivity index (χ4v) is 4.58. The van der Waals surface area contributed by atoms with E-state index in [1.54, 1.807) is 0 Å². The fraction of sp³-hybridized carbons (Fsp3) is 0.158. The monoisotopic (exact) mass is 678 g/mol. The Labute approximate surface area is 284 Å². The van der Waals surface area contributed by atoms with Crippen LogP contribution in [0.5, 0.6) is 0 Å². The smallest absolute Gasteiger partial charge is 0.462 e. The molecule has 0 N–H and O–H groups in total. The van der Waals surface area contributed by atoms with Crippen LogP contribution < -0.4 is 4.90 Å². The van der Waals surface area contributed by atoms with E-state index in [9.17, 15) is 18.0 Å². The number of nitrogens with zero attached hydrogens (tertiary/aromatic N) is 2. The van der Waals surface area contributed by atoms with Crippen LogP contribution in [-0.2, 0) is 9.53 Å². The molecule has 3 aromatic rings. The molecule has 0 fully saturated rings. The Hall–Kier alpha value is -4.59. The van der Waals surface area contributed by atoms with Gasteiger partial charge in [0.15, 0.2) is 0 Å². The third-order valence-corrected chi connectivity index (χ3v) is 7.19. The van der Waals surface area contributed by atoms with E-state index in [0.717, 1.165) is 61.4 Å². The summed E-state index contributed by atoms with van der Waals surface area (Å²) in [4.78, 5) is 16.1. The Morgan fingerprint density at radius 2 is 1.30 bits per heavy atom. The number of hydrogen-bond donors (Lipinski definition) is 0. The van der Waals surface area contributed by atoms with E-state index in [0.29, 0.717) is 7.11 Å². The van der Waals surface area contributed by atoms with Gasteiger partial charge in [0.25, 0.3) is 0 Å². The van der Waals surface area contributed by atoms with Crippen LogP contribution in [-0.4, -0.2) is 45.6 Å². The van der Waals surface area contributed by atoms with Crippen molar-refractivity contribution in [3.05, 3.63) is 160 Å². The topological polar surface area (TPSA) is 41.9 Å². The highest BCUT2D eigenvalue weighted by Crippen LogP contribution is 2.28. The molecule has 0 spiro atoms. The van der Waals surface area contributed by atoms with E-state index in [1.165, 1.54) is 0 Å². The van der Waals surface area contributed by atoms with Crippen LogP contribution in [0.25, 0.3) is 11.1 Å². The highest BCUT2D eigenvalue weighted by atomic mass is 35.5. The normalized spacial score (nSPS) is 13.1. The number of allylic oxidation sites excluding steroid dienone is 11. The number of aliphatic imine (C=N–C) groups is 1. The fourth-order valence-electron chi connectivity index (χ4n) is 4.33. The van der Waals surface area contributed by atoms with Crippen molar-refractivity contribution in [3.63, 3.8) is 0 Å². The zero-order valence-corrected chi connectivity index (χ0v) is 27.9. The van der Waals surface area contributed by atoms with E-state index in [-0.39, 0.29) is 0 Å². The maximum absolute atomic E-state index is 11.0. The van der Waals surface area contributed by atoms with Crippen LogP contribution in [0.2, 0.25) is 10.0 Å². The molecule has 1 aliphatic carbocycles. The van der Waals surface area contributed by atoms with Crippen LogP contribution in [0.3, 0.4) is 0 Å². The van der Waals surface area contributed by atoms with Crippen molar-refractivity contribution < 1.29 is 22.7 Å². The van der Waals surface area contributed by atoms with Gasteiger partial charge in [0.1, 0.15) is 0 Å². The number of halogens is 5. The average Bonchev–Trinajstić information content (AvgIpc) is 3.06. The Morgan fingerprint density at radius 1 is 0.787 bits per heavy atom. The second-order valence-electron chi connectivity index (χ2n) is 10.2. The summed E-state index contributed by atoms with van der Waals surface area (Å²) < 4.78 is 36.3. The van der Waals surface area contributed by atoms with E-state index in [1.807, 2.05) is 57.4 Å². The third-order valence-electron chi connectivity index (χ3n) is 6.69. The third kappa shape index (κ3) is 11.6. The molecule has 9 heteroatoms. The lowest BCUT2D eigenvalue weighted by Crippen LogP contribution is -2.23. The van der Waals surface area contributed by atoms with Crippen molar-refractivity contribution in [1.29, 1.82) is 0 Å². The second-order valence-corrected chi connectivity index (χ2v) is 11.1. The van der Waals surface area contributed by atoms with Gasteiger partial charge in [-0.05, 0) is 88.9 Å². The minimum atomic E-state index is -4.85. The lowest BCUT2D eigenvalue weighted by Gasteiger charge is -2.14. The molecule has 0 bridgehead atoms. The molecule has 4 nitrogen and oxygen atoms in total. The molecule has 0 radical (unpaired) electrons. The molecule has 244 valence electrons. The van der Waals surface area contributed by atoms with Gasteiger partial charge in [0, 0.05) is 36.4 Å². The van der Waals surface area contributed by atoms with Gasteiger partial charge in [-0.1, -0.05) is 102 Å². The Bertz CT molecular complexity index is 1690. The predicted octanol–water partition coefficient (Wildman–Crippen LogP) is 10.4. The zero-order chi connectivity index (χ0) is 34.4. The molecule has 4 rings (SSSR count). The number of benzene rings is 3. The van der Waals surface area contributed by atoms with Crippen molar-refractivity contribution >= 4 is 51.7 Å². The Kier molecular flexibility index (Phi) is 14.1. The summed E-state index contributed by atoms with van der Waals surface area (Å²) in [6, 6.07) is 24.5. The Morgan fingerprint density at radius 3 is 1.74 bits per heavy atom. The quantitative estimate of drug-likeness (QED) is 0.176. The highest BCUT2D eigenvalue weighted by molar-refractivity contribution is 6.30. The summed E-state index contributed by atoms with van der Waals surface area (Å²) in [5.74, 6) is -2.17. The van der Waals surface area contributed by atoms with Gasteiger partial charge >= 0.3 is 12.1 Å². The van der Waals surface area contributed by atoms with Gasteiger partial charge in [-0.15, -0.1) is 0 Å². The molecule has 0 heterocycles. The van der Waals surface area contributed by atoms with Crippen LogP contribution in [0.1, 0.15) is 23.6 Å². The first-order valence-electron chi connectivity index (χ1n) is 14.6. The number of methoxy groups -OCH3 is 1. The number of hydrogen-bond acceptors (Lipinski definition) is 4. The lowest BCUT2D eigenvalue weighted by molar-refractivity contribution is -0.196. The van der Waals surface area contributed by atoms with Crippen LogP contribution >= 0.6 is 23.2 Å². The summed E-state index contributed by atoms with van der Waals surface area (Å²) in [5, 5.41) is 1.44. The van der Waals surface area contributed by atoms with Crippen molar-refractivity contribution in [1.82, 2.24) is 0 Å². The summed E-state index contributed by atoms with van der Waals surface area (Å²) >= 11 is 12.3. The average molecular weight is 680 g/mol. The summed E-state index contributed by atoms with van der Waals surface area (Å²) in [7, 11) is 4.77. The predicted molar refractivity (Wildman–Crippen MR) is 190 cm³/mol. The Balaban J connectivity index is 0.000000665. The zero-order valence-electron chi connectivity index (χ0n) is 26.4. The molecular formula is C38H35Cl2F3N2O2. The number of ether oxygens (including phenoxy) is 1. The van der Waals surface area contributed by atoms with E-state index >= 15 is 0 Å². The first kappa shape index (κ1) is 36.9. The highest BCUT2D eigenvalue weighted by Gasteiger charge is 2.40. The van der Waals surface area contributed by atoms with Gasteiger partial charge in [0.2, 0.25) is 0 Å². The van der Waals surface area contributed by atoms with Crippen molar-refractivity contribution in [2.45, 2.75) is 13.1 Å². The number of esters is 1. The van der Waals surface area contributed by atoms with Crippen LogP contribution in [0.4, 0.5) is 18.9 Å². The van der Waals surface area contributed by atoms with Crippen LogP contribution in [0, 0.1) is 0 Å². The molecule has 0 amide bonds. The lowest BCUT2D eigenvalue weighted by atomic mass is 9.95. The van der Waals surface area contributed by atoms with Crippen molar-refractivity contribution in [2.75, 3.05) is 32.6 Å². The number of alkyl halides is 3. The number of anilines is 1. The standard InChI is InChI=1S/C35H32Cl2N2.C3H3F3O2/c1-4-38-32-22-14-28(15-23-32)34(26-10-18-30(36)19-11-26)8-6-5-7-9-35(27-12-20-31(37)21-13-27)29-16-24-33(25-17-29)39(2)3;1-8-2(7)3(4,5)6/h5-25H,4H2,1-3H3;1H3. The summed E-state index contributed by atoms with van der Waals surface area (Å²) in [6.45, 7) is 2.81. The van der Waals surface area contributed by atoms with E-state index in [2.05, 4.69) is 106 Å². The molecule has 0 saturated heterocycles. The van der Waals surface area contributed by atoms with Gasteiger partial charge < -0.3 is 9.64 Å². The molecule has 1 aliphatic rings. The van der Waals surface area contributed by atoms with Crippen molar-refractivity contribution in [3.8, 4) is 0 Å². The summed E-state index contributed by atoms with van der Waals surface area (Å²) in [5.41, 5.74) is 8.85. The molecule has 3 aromatic carbocycles. The minimum absolute atomic E-state index is 0.676. The number of rotatable bonds is 8. The maximum atomic E-state index is 11.0. The molecular weight excluding hydrogens is 644 g/mol. The van der Waals surface area contributed by atoms with Gasteiger partial charge in [-0.3, -0.25) is 4.99 Å². The first-order valence-corrected chi connectivity index (χ1v) is 15.3. The molecule has 0 unspecified atom stereocenters. The van der Waals surface area contributed by atoms with E-state index < -0.39 is 12.1 Å². The van der Waals surface area contributed by atoms with Crippen molar-refractivity contribution in [2.24, 2.45) is 4.99 Å². The molecule has 0 aliphatic heterocycles. The summed E-state index contributed by atoms with van der Waals surface area (Å²) in [6.07, 6.45) is 14.0. The second kappa shape index (κ2) is 17.9. The molecule has 0 atom stereocenters. The SMILES string of the molecule is CCN=C1C=CC(=C(C=CC=CC=C(c2ccc(Cl)cc2)c2ccc(N(C)C)cc2)c2ccc(Cl)cc2)C=C1.COC(=O)C(F)(F)F.